The van der Waals surface area contributed by atoms with Crippen molar-refractivity contribution in [3.63, 3.8) is 0 Å². The Labute approximate surface area is 141 Å². The summed E-state index contributed by atoms with van der Waals surface area (Å²) >= 11 is 1.52. The molecule has 122 valence electrons. The minimum absolute atomic E-state index is 0.181. The summed E-state index contributed by atoms with van der Waals surface area (Å²) in [6.07, 6.45) is 0. The van der Waals surface area contributed by atoms with Gasteiger partial charge in [0.25, 0.3) is 5.91 Å². The van der Waals surface area contributed by atoms with Crippen LogP contribution < -0.4 is 9.64 Å². The number of thiophene rings is 1. The lowest BCUT2D eigenvalue weighted by Crippen LogP contribution is -3.13. The molecule has 0 saturated carbocycles. The van der Waals surface area contributed by atoms with Gasteiger partial charge in [-0.25, -0.2) is 0 Å². The molecule has 1 amide bonds. The molecule has 4 nitrogen and oxygen atoms in total. The van der Waals surface area contributed by atoms with Crippen LogP contribution in [0.15, 0.2) is 41.8 Å². The average molecular weight is 331 g/mol. The van der Waals surface area contributed by atoms with Crippen LogP contribution in [0.2, 0.25) is 0 Å². The summed E-state index contributed by atoms with van der Waals surface area (Å²) < 4.78 is 5.48. The van der Waals surface area contributed by atoms with E-state index < -0.39 is 0 Å². The third-order valence-electron chi connectivity index (χ3n) is 4.18. The van der Waals surface area contributed by atoms with Crippen molar-refractivity contribution in [1.29, 1.82) is 0 Å². The molecule has 2 aromatic rings. The van der Waals surface area contributed by atoms with Crippen molar-refractivity contribution < 1.29 is 14.4 Å². The first kappa shape index (κ1) is 16.0. The summed E-state index contributed by atoms with van der Waals surface area (Å²) in [5.41, 5.74) is 1.32. The highest BCUT2D eigenvalue weighted by molar-refractivity contribution is 7.12. The van der Waals surface area contributed by atoms with E-state index in [1.54, 1.807) is 0 Å². The van der Waals surface area contributed by atoms with E-state index in [4.69, 9.17) is 4.74 Å². The second-order valence-electron chi connectivity index (χ2n) is 5.77. The molecule has 1 aromatic heterocycles. The van der Waals surface area contributed by atoms with Gasteiger partial charge in [-0.15, -0.1) is 11.3 Å². The molecule has 0 radical (unpaired) electrons. The van der Waals surface area contributed by atoms with Crippen LogP contribution in [0.5, 0.6) is 5.75 Å². The molecule has 3 rings (SSSR count). The van der Waals surface area contributed by atoms with Gasteiger partial charge in [-0.2, -0.15) is 0 Å². The highest BCUT2D eigenvalue weighted by Gasteiger charge is 2.24. The number of carbonyl (C=O) groups is 1. The summed E-state index contributed by atoms with van der Waals surface area (Å²) in [6.45, 7) is 7.38. The Bertz CT molecular complexity index is 617. The molecule has 0 spiro atoms. The summed E-state index contributed by atoms with van der Waals surface area (Å²) in [6, 6.07) is 12.2. The summed E-state index contributed by atoms with van der Waals surface area (Å²) in [7, 11) is 0. The molecule has 1 aliphatic heterocycles. The molecule has 1 N–H and O–H groups in total. The van der Waals surface area contributed by atoms with Crippen LogP contribution in [-0.4, -0.2) is 43.6 Å². The standard InChI is InChI=1S/C18H22N2O2S/c1-2-22-16-7-5-15(6-8-16)14-19-9-11-20(12-10-19)18(21)17-4-3-13-23-17/h3-8,13H,2,9-12,14H2,1H3/p+1. The van der Waals surface area contributed by atoms with Crippen molar-refractivity contribution in [1.82, 2.24) is 4.90 Å². The Morgan fingerprint density at radius 2 is 1.96 bits per heavy atom. The average Bonchev–Trinajstić information content (AvgIpc) is 3.11. The first-order valence-corrected chi connectivity index (χ1v) is 9.02. The van der Waals surface area contributed by atoms with Gasteiger partial charge in [0.15, 0.2) is 0 Å². The number of rotatable bonds is 5. The first-order chi connectivity index (χ1) is 11.3. The minimum atomic E-state index is 0.181. The fourth-order valence-electron chi connectivity index (χ4n) is 2.92. The summed E-state index contributed by atoms with van der Waals surface area (Å²) in [5.74, 6) is 1.11. The Morgan fingerprint density at radius 3 is 2.57 bits per heavy atom. The van der Waals surface area contributed by atoms with Gasteiger partial charge in [0.1, 0.15) is 12.3 Å². The number of piperazine rings is 1. The van der Waals surface area contributed by atoms with E-state index in [0.717, 1.165) is 43.4 Å². The Hall–Kier alpha value is -1.85. The van der Waals surface area contributed by atoms with Crippen LogP contribution in [0.4, 0.5) is 0 Å². The zero-order valence-corrected chi connectivity index (χ0v) is 14.3. The molecule has 1 saturated heterocycles. The Kier molecular flexibility index (Phi) is 5.31. The van der Waals surface area contributed by atoms with Crippen molar-refractivity contribution in [2.75, 3.05) is 32.8 Å². The number of nitrogens with zero attached hydrogens (tertiary/aromatic N) is 1. The number of amides is 1. The van der Waals surface area contributed by atoms with Crippen LogP contribution >= 0.6 is 11.3 Å². The smallest absolute Gasteiger partial charge is 0.264 e. The molecular formula is C18H23N2O2S+. The Morgan fingerprint density at radius 1 is 1.22 bits per heavy atom. The minimum Gasteiger partial charge on any atom is -0.494 e. The topological polar surface area (TPSA) is 34.0 Å². The van der Waals surface area contributed by atoms with Crippen molar-refractivity contribution in [3.8, 4) is 5.75 Å². The van der Waals surface area contributed by atoms with Crippen molar-refractivity contribution in [3.05, 3.63) is 52.2 Å². The molecular weight excluding hydrogens is 308 g/mol. The van der Waals surface area contributed by atoms with Crippen LogP contribution in [0.25, 0.3) is 0 Å². The predicted molar refractivity (Wildman–Crippen MR) is 92.2 cm³/mol. The number of quaternary nitrogens is 1. The van der Waals surface area contributed by atoms with Gasteiger partial charge in [0.2, 0.25) is 0 Å². The zero-order valence-electron chi connectivity index (χ0n) is 13.5. The van der Waals surface area contributed by atoms with Crippen LogP contribution in [0.1, 0.15) is 22.2 Å². The Balaban J connectivity index is 1.50. The largest absolute Gasteiger partial charge is 0.494 e. The molecule has 5 heteroatoms. The molecule has 23 heavy (non-hydrogen) atoms. The molecule has 0 bridgehead atoms. The highest BCUT2D eigenvalue weighted by Crippen LogP contribution is 2.13. The van der Waals surface area contributed by atoms with Gasteiger partial charge in [0, 0.05) is 5.56 Å². The lowest BCUT2D eigenvalue weighted by molar-refractivity contribution is -0.917. The van der Waals surface area contributed by atoms with Gasteiger partial charge < -0.3 is 14.5 Å². The maximum absolute atomic E-state index is 12.3. The van der Waals surface area contributed by atoms with Crippen LogP contribution in [0, 0.1) is 0 Å². The maximum atomic E-state index is 12.3. The molecule has 0 atom stereocenters. The van der Waals surface area contributed by atoms with Crippen molar-refractivity contribution >= 4 is 17.2 Å². The fourth-order valence-corrected chi connectivity index (χ4v) is 3.61. The van der Waals surface area contributed by atoms with E-state index in [9.17, 15) is 4.79 Å². The van der Waals surface area contributed by atoms with Crippen molar-refractivity contribution in [2.45, 2.75) is 13.5 Å². The van der Waals surface area contributed by atoms with Gasteiger partial charge in [0.05, 0.1) is 37.7 Å². The third kappa shape index (κ3) is 4.12. The monoisotopic (exact) mass is 331 g/mol. The SMILES string of the molecule is CCOc1ccc(C[NH+]2CCN(C(=O)c3cccs3)CC2)cc1. The van der Waals surface area contributed by atoms with E-state index in [1.807, 2.05) is 41.5 Å². The summed E-state index contributed by atoms with van der Waals surface area (Å²) in [5, 5.41) is 1.96. The number of nitrogens with one attached hydrogen (secondary N) is 1. The fraction of sp³-hybridized carbons (Fsp3) is 0.389. The zero-order chi connectivity index (χ0) is 16.1. The highest BCUT2D eigenvalue weighted by atomic mass is 32.1. The third-order valence-corrected chi connectivity index (χ3v) is 5.04. The molecule has 1 aromatic carbocycles. The number of benzene rings is 1. The van der Waals surface area contributed by atoms with E-state index in [2.05, 4.69) is 12.1 Å². The van der Waals surface area contributed by atoms with Crippen LogP contribution in [-0.2, 0) is 6.54 Å². The van der Waals surface area contributed by atoms with Gasteiger partial charge in [-0.3, -0.25) is 4.79 Å². The number of carbonyl (C=O) groups excluding carboxylic acids is 1. The molecule has 0 unspecified atom stereocenters. The second kappa shape index (κ2) is 7.62. The van der Waals surface area contributed by atoms with E-state index in [-0.39, 0.29) is 5.91 Å². The maximum Gasteiger partial charge on any atom is 0.264 e. The number of ether oxygens (including phenoxy) is 1. The van der Waals surface area contributed by atoms with Crippen LogP contribution in [0.3, 0.4) is 0 Å². The van der Waals surface area contributed by atoms with E-state index >= 15 is 0 Å². The second-order valence-corrected chi connectivity index (χ2v) is 6.72. The number of hydrogen-bond acceptors (Lipinski definition) is 3. The van der Waals surface area contributed by atoms with Gasteiger partial charge >= 0.3 is 0 Å². The van der Waals surface area contributed by atoms with Gasteiger partial charge in [-0.1, -0.05) is 6.07 Å². The van der Waals surface area contributed by atoms with Crippen molar-refractivity contribution in [2.24, 2.45) is 0 Å². The molecule has 2 heterocycles. The quantitative estimate of drug-likeness (QED) is 0.905. The molecule has 1 fully saturated rings. The van der Waals surface area contributed by atoms with E-state index in [1.165, 1.54) is 21.8 Å². The summed E-state index contributed by atoms with van der Waals surface area (Å²) in [4.78, 5) is 16.7. The first-order valence-electron chi connectivity index (χ1n) is 8.14. The lowest BCUT2D eigenvalue weighted by Gasteiger charge is -2.32. The number of hydrogen-bond donors (Lipinski definition) is 1. The lowest BCUT2D eigenvalue weighted by atomic mass is 10.2. The molecule has 1 aliphatic rings. The normalized spacial score (nSPS) is 15.6. The predicted octanol–water partition coefficient (Wildman–Crippen LogP) is 1.69. The molecule has 0 aliphatic carbocycles. The van der Waals surface area contributed by atoms with E-state index in [0.29, 0.717) is 6.61 Å². The van der Waals surface area contributed by atoms with Gasteiger partial charge in [-0.05, 0) is 42.6 Å².